The number of amides is 1. The molecular weight excluding hydrogens is 517 g/mol. The number of carbonyl (C=O) groups excluding carboxylic acids is 2. The van der Waals surface area contributed by atoms with Crippen molar-refractivity contribution < 1.29 is 32.6 Å². The molecule has 0 saturated heterocycles. The number of alkyl halides is 3. The first-order valence-electron chi connectivity index (χ1n) is 11.9. The van der Waals surface area contributed by atoms with Crippen LogP contribution < -0.4 is 15.8 Å². The second-order valence-corrected chi connectivity index (χ2v) is 10.2. The maximum atomic E-state index is 13.6. The van der Waals surface area contributed by atoms with Crippen LogP contribution in [0.3, 0.4) is 0 Å². The van der Waals surface area contributed by atoms with Gasteiger partial charge >= 0.3 is 12.1 Å². The number of nitrogens with zero attached hydrogens (tertiary/aromatic N) is 3. The topological polar surface area (TPSA) is 125 Å². The molecule has 0 bridgehead atoms. The highest BCUT2D eigenvalue weighted by molar-refractivity contribution is 6.06. The maximum absolute atomic E-state index is 13.6. The van der Waals surface area contributed by atoms with Gasteiger partial charge in [-0.15, -0.1) is 0 Å². The molecule has 3 aromatic rings. The number of carbonyl (C=O) groups is 2. The number of nitriles is 1. The average molecular weight is 543 g/mol. The summed E-state index contributed by atoms with van der Waals surface area (Å²) in [5.74, 6) is -2.44. The van der Waals surface area contributed by atoms with Crippen LogP contribution in [0, 0.1) is 11.3 Å². The summed E-state index contributed by atoms with van der Waals surface area (Å²) in [5.41, 5.74) is -1.93. The molecule has 0 spiro atoms. The Hall–Kier alpha value is -4.53. The van der Waals surface area contributed by atoms with Crippen LogP contribution in [0.4, 0.5) is 18.9 Å². The highest BCUT2D eigenvalue weighted by Gasteiger charge is 2.34. The number of esters is 1. The van der Waals surface area contributed by atoms with Gasteiger partial charge in [-0.1, -0.05) is 12.1 Å². The quantitative estimate of drug-likeness (QED) is 0.480. The third-order valence-electron chi connectivity index (χ3n) is 6.31. The zero-order valence-electron chi connectivity index (χ0n) is 21.5. The number of hydrogen-bond acceptors (Lipinski definition) is 7. The molecule has 1 unspecified atom stereocenters. The van der Waals surface area contributed by atoms with Crippen LogP contribution >= 0.6 is 0 Å². The van der Waals surface area contributed by atoms with Crippen molar-refractivity contribution in [2.75, 3.05) is 18.5 Å². The van der Waals surface area contributed by atoms with Crippen LogP contribution in [-0.2, 0) is 22.3 Å². The van der Waals surface area contributed by atoms with Crippen LogP contribution in [0.15, 0.2) is 41.2 Å². The van der Waals surface area contributed by atoms with Crippen molar-refractivity contribution in [3.63, 3.8) is 0 Å². The number of aromatic hydroxyl groups is 1. The zero-order chi connectivity index (χ0) is 28.9. The molecule has 0 aliphatic carbocycles. The number of pyridine rings is 1. The molecule has 0 radical (unpaired) electrons. The number of anilines is 1. The lowest BCUT2D eigenvalue weighted by Crippen LogP contribution is -2.41. The van der Waals surface area contributed by atoms with Crippen molar-refractivity contribution in [1.82, 2.24) is 9.88 Å². The number of halogens is 3. The van der Waals surface area contributed by atoms with E-state index in [0.29, 0.717) is 11.3 Å². The molecule has 2 aromatic carbocycles. The van der Waals surface area contributed by atoms with Gasteiger partial charge in [-0.05, 0) is 50.6 Å². The van der Waals surface area contributed by atoms with Gasteiger partial charge in [0.15, 0.2) is 0 Å². The second-order valence-electron chi connectivity index (χ2n) is 10.2. The van der Waals surface area contributed by atoms with Gasteiger partial charge in [0, 0.05) is 12.4 Å². The molecule has 1 aliphatic rings. The summed E-state index contributed by atoms with van der Waals surface area (Å²) in [6.07, 6.45) is -4.52. The minimum Gasteiger partial charge on any atom is -0.506 e. The molecule has 204 valence electrons. The molecule has 2 N–H and O–H groups in total. The average Bonchev–Trinajstić information content (AvgIpc) is 2.85. The van der Waals surface area contributed by atoms with Gasteiger partial charge < -0.3 is 24.6 Å². The monoisotopic (exact) mass is 542 g/mol. The molecule has 0 saturated carbocycles. The molecule has 1 aliphatic heterocycles. The fourth-order valence-electron chi connectivity index (χ4n) is 4.57. The normalized spacial score (nSPS) is 15.1. The molecule has 39 heavy (non-hydrogen) atoms. The summed E-state index contributed by atoms with van der Waals surface area (Å²) in [7, 11) is 1.66. The van der Waals surface area contributed by atoms with E-state index in [0.717, 1.165) is 12.1 Å². The minimum atomic E-state index is -4.52. The Labute approximate surface area is 221 Å². The van der Waals surface area contributed by atoms with Gasteiger partial charge in [-0.3, -0.25) is 14.4 Å². The van der Waals surface area contributed by atoms with Crippen molar-refractivity contribution in [1.29, 1.82) is 5.26 Å². The Morgan fingerprint density at radius 3 is 2.38 bits per heavy atom. The standard InChI is InChI=1S/C27H25F3N4O5/c1-26(2,3)39-20(35)12-32-24(37)21-23(36)17-9-14(11-31)10-18-22(17)34(25(21)38)13-19(33(18)4)15-5-7-16(8-6-15)27(28,29)30/h5-10,19,36H,12-13H2,1-4H3,(H,32,37). The number of hydrogen-bond donors (Lipinski definition) is 2. The number of ether oxygens (including phenoxy) is 1. The van der Waals surface area contributed by atoms with E-state index in [1.165, 1.54) is 28.8 Å². The summed E-state index contributed by atoms with van der Waals surface area (Å²) in [6.45, 7) is 4.31. The lowest BCUT2D eigenvalue weighted by atomic mass is 9.97. The Bertz CT molecular complexity index is 1580. The predicted molar refractivity (Wildman–Crippen MR) is 135 cm³/mol. The second kappa shape index (κ2) is 9.65. The summed E-state index contributed by atoms with van der Waals surface area (Å²) in [4.78, 5) is 40.3. The van der Waals surface area contributed by atoms with E-state index in [1.807, 2.05) is 6.07 Å². The molecule has 1 atom stereocenters. The summed E-state index contributed by atoms with van der Waals surface area (Å²) < 4.78 is 45.7. The maximum Gasteiger partial charge on any atom is 0.416 e. The van der Waals surface area contributed by atoms with E-state index < -0.39 is 58.7 Å². The first kappa shape index (κ1) is 27.5. The molecule has 1 aromatic heterocycles. The van der Waals surface area contributed by atoms with E-state index >= 15 is 0 Å². The number of aromatic nitrogens is 1. The van der Waals surface area contributed by atoms with Crippen LogP contribution in [0.2, 0.25) is 0 Å². The van der Waals surface area contributed by atoms with Crippen LogP contribution in [-0.4, -0.2) is 40.7 Å². The lowest BCUT2D eigenvalue weighted by molar-refractivity contribution is -0.153. The van der Waals surface area contributed by atoms with E-state index in [9.17, 15) is 37.9 Å². The molecular formula is C27H25F3N4O5. The molecule has 1 amide bonds. The molecule has 4 rings (SSSR count). The highest BCUT2D eigenvalue weighted by atomic mass is 19.4. The number of nitrogens with one attached hydrogen (secondary N) is 1. The Kier molecular flexibility index (Phi) is 6.81. The van der Waals surface area contributed by atoms with Gasteiger partial charge in [0.05, 0.1) is 41.0 Å². The smallest absolute Gasteiger partial charge is 0.416 e. The Balaban J connectivity index is 1.81. The fourth-order valence-corrected chi connectivity index (χ4v) is 4.57. The van der Waals surface area contributed by atoms with Crippen LogP contribution in [0.25, 0.3) is 10.9 Å². The number of benzene rings is 2. The van der Waals surface area contributed by atoms with Gasteiger partial charge in [0.25, 0.3) is 11.5 Å². The fraction of sp³-hybridized carbons (Fsp3) is 0.333. The van der Waals surface area contributed by atoms with Crippen molar-refractivity contribution in [2.45, 2.75) is 45.1 Å². The minimum absolute atomic E-state index is 0.0591. The zero-order valence-corrected chi connectivity index (χ0v) is 21.5. The van der Waals surface area contributed by atoms with Crippen molar-refractivity contribution in [3.8, 4) is 11.8 Å². The van der Waals surface area contributed by atoms with Crippen molar-refractivity contribution >= 4 is 28.5 Å². The summed E-state index contributed by atoms with van der Waals surface area (Å²) in [6, 6.07) is 8.66. The van der Waals surface area contributed by atoms with Crippen molar-refractivity contribution in [2.24, 2.45) is 0 Å². The molecule has 12 heteroatoms. The third kappa shape index (κ3) is 5.25. The number of rotatable bonds is 4. The predicted octanol–water partition coefficient (Wildman–Crippen LogP) is 3.86. The summed E-state index contributed by atoms with van der Waals surface area (Å²) >= 11 is 0. The van der Waals surface area contributed by atoms with E-state index in [4.69, 9.17) is 4.74 Å². The molecule has 0 fully saturated rings. The van der Waals surface area contributed by atoms with E-state index in [1.54, 1.807) is 32.7 Å². The first-order valence-corrected chi connectivity index (χ1v) is 11.9. The molecule has 9 nitrogen and oxygen atoms in total. The van der Waals surface area contributed by atoms with Gasteiger partial charge in [-0.25, -0.2) is 0 Å². The van der Waals surface area contributed by atoms with Gasteiger partial charge in [-0.2, -0.15) is 18.4 Å². The largest absolute Gasteiger partial charge is 0.506 e. The highest BCUT2D eigenvalue weighted by Crippen LogP contribution is 2.41. The van der Waals surface area contributed by atoms with Gasteiger partial charge in [0.1, 0.15) is 23.5 Å². The van der Waals surface area contributed by atoms with Crippen LogP contribution in [0.1, 0.15) is 53.9 Å². The third-order valence-corrected chi connectivity index (χ3v) is 6.31. The summed E-state index contributed by atoms with van der Waals surface area (Å²) in [5, 5.41) is 22.9. The molecule has 2 heterocycles. The van der Waals surface area contributed by atoms with Crippen molar-refractivity contribution in [3.05, 3.63) is 69.0 Å². The SMILES string of the molecule is CN1c2cc(C#N)cc3c(O)c(C(=O)NCC(=O)OC(C)(C)C)c(=O)n(c23)CC1c1ccc(C(F)(F)F)cc1. The first-order chi connectivity index (χ1) is 18.1. The lowest BCUT2D eigenvalue weighted by Gasteiger charge is -2.37. The van der Waals surface area contributed by atoms with Crippen LogP contribution in [0.5, 0.6) is 5.75 Å². The van der Waals surface area contributed by atoms with E-state index in [2.05, 4.69) is 5.32 Å². The van der Waals surface area contributed by atoms with Gasteiger partial charge in [0.2, 0.25) is 0 Å². The Morgan fingerprint density at radius 2 is 1.82 bits per heavy atom. The Morgan fingerprint density at radius 1 is 1.18 bits per heavy atom. The number of likely N-dealkylation sites (N-methyl/N-ethyl adjacent to an activating group) is 1. The van der Waals surface area contributed by atoms with E-state index in [-0.39, 0.29) is 23.0 Å².